The van der Waals surface area contributed by atoms with Crippen LogP contribution in [0.1, 0.15) is 15.9 Å². The van der Waals surface area contributed by atoms with Crippen molar-refractivity contribution in [3.63, 3.8) is 0 Å². The summed E-state index contributed by atoms with van der Waals surface area (Å²) in [6, 6.07) is 6.65. The molecule has 0 atom stereocenters. The number of carbonyl (C=O) groups is 1. The van der Waals surface area contributed by atoms with E-state index in [9.17, 15) is 31.5 Å². The molecule has 2 heterocycles. The van der Waals surface area contributed by atoms with Crippen LogP contribution in [0.5, 0.6) is 0 Å². The lowest BCUT2D eigenvalue weighted by atomic mass is 10.1. The average molecular weight is 516 g/mol. The Kier molecular flexibility index (Phi) is 6.42. The molecule has 3 aromatic rings. The summed E-state index contributed by atoms with van der Waals surface area (Å²) in [6.45, 7) is 0.569. The van der Waals surface area contributed by atoms with Crippen molar-refractivity contribution in [3.8, 4) is 0 Å². The molecule has 0 amide bonds. The van der Waals surface area contributed by atoms with Crippen LogP contribution in [0.15, 0.2) is 47.5 Å². The Morgan fingerprint density at radius 1 is 1.15 bits per heavy atom. The lowest BCUT2D eigenvalue weighted by molar-refractivity contribution is -0.137. The van der Waals surface area contributed by atoms with Gasteiger partial charge in [-0.05, 0) is 36.4 Å². The Labute approximate surface area is 197 Å². The van der Waals surface area contributed by atoms with E-state index in [-0.39, 0.29) is 53.0 Å². The number of sulfonamides is 1. The minimum absolute atomic E-state index is 0.0544. The molecule has 2 N–H and O–H groups in total. The van der Waals surface area contributed by atoms with Gasteiger partial charge in [0.15, 0.2) is 0 Å². The van der Waals surface area contributed by atoms with Gasteiger partial charge < -0.3 is 15.2 Å². The first kappa shape index (κ1) is 24.2. The van der Waals surface area contributed by atoms with Gasteiger partial charge in [0, 0.05) is 29.7 Å². The van der Waals surface area contributed by atoms with Crippen LogP contribution in [-0.2, 0) is 20.9 Å². The number of halogens is 4. The maximum Gasteiger partial charge on any atom is 0.416 e. The van der Waals surface area contributed by atoms with Crippen LogP contribution in [0.3, 0.4) is 0 Å². The monoisotopic (exact) mass is 515 g/mol. The second kappa shape index (κ2) is 9.02. The number of carboxylic acid groups (broad SMARTS) is 1. The van der Waals surface area contributed by atoms with Crippen molar-refractivity contribution in [2.75, 3.05) is 31.6 Å². The van der Waals surface area contributed by atoms with Gasteiger partial charge in [0.25, 0.3) is 0 Å². The topological polar surface area (TPSA) is 109 Å². The van der Waals surface area contributed by atoms with E-state index in [0.717, 1.165) is 12.3 Å². The van der Waals surface area contributed by atoms with Gasteiger partial charge in [-0.3, -0.25) is 4.98 Å². The van der Waals surface area contributed by atoms with Crippen molar-refractivity contribution in [2.45, 2.75) is 11.1 Å². The number of benzene rings is 2. The Bertz CT molecular complexity index is 1380. The van der Waals surface area contributed by atoms with Crippen LogP contribution in [0, 0.1) is 0 Å². The SMILES string of the molecule is O=C(O)c1cc(C(F)(F)F)ccc1Nc1c(S(=O)(=O)N2CCOCC2)cnc2ccc(Cl)cc12. The molecule has 180 valence electrons. The van der Waals surface area contributed by atoms with Crippen LogP contribution < -0.4 is 5.32 Å². The summed E-state index contributed by atoms with van der Waals surface area (Å²) < 4.78 is 72.7. The number of hydrogen-bond donors (Lipinski definition) is 2. The van der Waals surface area contributed by atoms with E-state index in [2.05, 4.69) is 10.3 Å². The van der Waals surface area contributed by atoms with Gasteiger partial charge >= 0.3 is 12.1 Å². The van der Waals surface area contributed by atoms with E-state index in [1.165, 1.54) is 16.4 Å². The van der Waals surface area contributed by atoms with Crippen molar-refractivity contribution in [1.82, 2.24) is 9.29 Å². The number of carboxylic acids is 1. The third kappa shape index (κ3) is 4.67. The lowest BCUT2D eigenvalue weighted by Gasteiger charge is -2.27. The summed E-state index contributed by atoms with van der Waals surface area (Å²) in [7, 11) is -4.12. The fraction of sp³-hybridized carbons (Fsp3) is 0.238. The molecule has 4 rings (SSSR count). The molecule has 1 saturated heterocycles. The minimum atomic E-state index is -4.76. The summed E-state index contributed by atoms with van der Waals surface area (Å²) in [4.78, 5) is 15.7. The maximum atomic E-state index is 13.4. The summed E-state index contributed by atoms with van der Waals surface area (Å²) in [5.74, 6) is -1.62. The second-order valence-electron chi connectivity index (χ2n) is 7.36. The number of rotatable bonds is 5. The summed E-state index contributed by atoms with van der Waals surface area (Å²) in [5.41, 5.74) is -1.78. The predicted molar refractivity (Wildman–Crippen MR) is 118 cm³/mol. The van der Waals surface area contributed by atoms with Crippen LogP contribution in [-0.4, -0.2) is 55.1 Å². The highest BCUT2D eigenvalue weighted by Gasteiger charge is 2.33. The zero-order chi connectivity index (χ0) is 24.7. The van der Waals surface area contributed by atoms with Crippen molar-refractivity contribution >= 4 is 49.9 Å². The van der Waals surface area contributed by atoms with Crippen molar-refractivity contribution in [3.05, 3.63) is 58.7 Å². The fourth-order valence-corrected chi connectivity index (χ4v) is 5.22. The van der Waals surface area contributed by atoms with Crippen LogP contribution in [0.25, 0.3) is 10.9 Å². The third-order valence-electron chi connectivity index (χ3n) is 5.22. The average Bonchev–Trinajstić information content (AvgIpc) is 2.79. The van der Waals surface area contributed by atoms with E-state index in [4.69, 9.17) is 16.3 Å². The number of nitrogens with one attached hydrogen (secondary N) is 1. The molecule has 0 saturated carbocycles. The number of morpholine rings is 1. The van der Waals surface area contributed by atoms with E-state index in [0.29, 0.717) is 17.6 Å². The molecular weight excluding hydrogens is 499 g/mol. The minimum Gasteiger partial charge on any atom is -0.478 e. The highest BCUT2D eigenvalue weighted by atomic mass is 35.5. The molecular formula is C21H17ClF3N3O5S. The van der Waals surface area contributed by atoms with Crippen LogP contribution in [0.4, 0.5) is 24.5 Å². The Hall–Kier alpha value is -2.93. The molecule has 0 bridgehead atoms. The van der Waals surface area contributed by atoms with E-state index >= 15 is 0 Å². The van der Waals surface area contributed by atoms with Gasteiger partial charge in [-0.2, -0.15) is 17.5 Å². The van der Waals surface area contributed by atoms with Crippen LogP contribution in [0.2, 0.25) is 5.02 Å². The van der Waals surface area contributed by atoms with Gasteiger partial charge in [0.05, 0.1) is 41.2 Å². The number of anilines is 2. The number of fused-ring (bicyclic) bond motifs is 1. The second-order valence-corrected chi connectivity index (χ2v) is 9.71. The van der Waals surface area contributed by atoms with Gasteiger partial charge in [-0.1, -0.05) is 11.6 Å². The number of pyridine rings is 1. The van der Waals surface area contributed by atoms with Gasteiger partial charge in [0.1, 0.15) is 4.90 Å². The number of nitrogens with zero attached hydrogens (tertiary/aromatic N) is 2. The molecule has 0 spiro atoms. The molecule has 1 aliphatic rings. The highest BCUT2D eigenvalue weighted by molar-refractivity contribution is 7.89. The lowest BCUT2D eigenvalue weighted by Crippen LogP contribution is -2.40. The summed E-state index contributed by atoms with van der Waals surface area (Å²) in [6.07, 6.45) is -3.64. The maximum absolute atomic E-state index is 13.4. The molecule has 0 unspecified atom stereocenters. The Morgan fingerprint density at radius 2 is 1.85 bits per heavy atom. The molecule has 34 heavy (non-hydrogen) atoms. The molecule has 2 aromatic carbocycles. The first-order valence-electron chi connectivity index (χ1n) is 9.86. The van der Waals surface area contributed by atoms with Crippen molar-refractivity contribution < 1.29 is 36.2 Å². The predicted octanol–water partition coefficient (Wildman–Crippen LogP) is 4.37. The molecule has 8 nitrogen and oxygen atoms in total. The third-order valence-corrected chi connectivity index (χ3v) is 7.37. The largest absolute Gasteiger partial charge is 0.478 e. The Balaban J connectivity index is 1.92. The number of aromatic nitrogens is 1. The van der Waals surface area contributed by atoms with E-state index in [1.807, 2.05) is 0 Å². The first-order chi connectivity index (χ1) is 16.0. The van der Waals surface area contributed by atoms with Gasteiger partial charge in [-0.15, -0.1) is 0 Å². The smallest absolute Gasteiger partial charge is 0.416 e. The quantitative estimate of drug-likeness (QED) is 0.519. The number of aromatic carboxylic acids is 1. The number of hydrogen-bond acceptors (Lipinski definition) is 6. The van der Waals surface area contributed by atoms with E-state index < -0.39 is 33.3 Å². The molecule has 13 heteroatoms. The molecule has 0 radical (unpaired) electrons. The zero-order valence-electron chi connectivity index (χ0n) is 17.3. The Morgan fingerprint density at radius 3 is 2.50 bits per heavy atom. The summed E-state index contributed by atoms with van der Waals surface area (Å²) in [5, 5.41) is 12.8. The van der Waals surface area contributed by atoms with Crippen LogP contribution >= 0.6 is 11.6 Å². The zero-order valence-corrected chi connectivity index (χ0v) is 18.8. The van der Waals surface area contributed by atoms with E-state index in [1.54, 1.807) is 6.07 Å². The molecule has 1 aromatic heterocycles. The number of ether oxygens (including phenoxy) is 1. The van der Waals surface area contributed by atoms with Crippen molar-refractivity contribution in [2.24, 2.45) is 0 Å². The molecule has 0 aliphatic carbocycles. The fourth-order valence-electron chi connectivity index (χ4n) is 3.54. The van der Waals surface area contributed by atoms with Gasteiger partial charge in [-0.25, -0.2) is 13.2 Å². The van der Waals surface area contributed by atoms with Gasteiger partial charge in [0.2, 0.25) is 10.0 Å². The normalized spacial score (nSPS) is 15.4. The molecule has 1 aliphatic heterocycles. The van der Waals surface area contributed by atoms with Crippen molar-refractivity contribution in [1.29, 1.82) is 0 Å². The number of alkyl halides is 3. The summed E-state index contributed by atoms with van der Waals surface area (Å²) >= 11 is 6.11. The standard InChI is InChI=1S/C21H17ClF3N3O5S/c22-13-2-4-16-14(10-13)19(18(11-26-16)34(31,32)28-5-7-33-8-6-28)27-17-3-1-12(21(23,24)25)9-15(17)20(29)30/h1-4,9-11H,5-8H2,(H,26,27)(H,29,30). The highest BCUT2D eigenvalue weighted by Crippen LogP contribution is 2.37. The first-order valence-corrected chi connectivity index (χ1v) is 11.7. The molecule has 1 fully saturated rings.